The molecule has 0 saturated carbocycles. The van der Waals surface area contributed by atoms with Gasteiger partial charge in [0.1, 0.15) is 5.82 Å². The molecule has 1 saturated heterocycles. The zero-order chi connectivity index (χ0) is 20.9. The Kier molecular flexibility index (Phi) is 6.93. The summed E-state index contributed by atoms with van der Waals surface area (Å²) in [5.74, 6) is -1.56. The molecule has 0 bridgehead atoms. The molecule has 1 aliphatic rings. The van der Waals surface area contributed by atoms with Crippen molar-refractivity contribution >= 4 is 38.3 Å². The lowest BCUT2D eigenvalue weighted by atomic mass is 9.99. The number of piperidine rings is 1. The van der Waals surface area contributed by atoms with Gasteiger partial charge in [-0.2, -0.15) is 4.31 Å². The number of benzene rings is 1. The molecular formula is C18H21FN4O4S2. The molecule has 11 heteroatoms. The third-order valence-electron chi connectivity index (χ3n) is 4.54. The highest BCUT2D eigenvalue weighted by atomic mass is 32.2. The van der Waals surface area contributed by atoms with Gasteiger partial charge >= 0.3 is 0 Å². The van der Waals surface area contributed by atoms with Crippen LogP contribution >= 0.6 is 11.3 Å². The minimum Gasteiger partial charge on any atom is -0.355 e. The minimum absolute atomic E-state index is 0.00110. The highest BCUT2D eigenvalue weighted by molar-refractivity contribution is 7.89. The largest absolute Gasteiger partial charge is 0.355 e. The smallest absolute Gasteiger partial charge is 0.243 e. The van der Waals surface area contributed by atoms with Crippen LogP contribution < -0.4 is 10.6 Å². The first-order valence-corrected chi connectivity index (χ1v) is 11.4. The predicted octanol–water partition coefficient (Wildman–Crippen LogP) is 1.83. The second-order valence-corrected chi connectivity index (χ2v) is 9.42. The number of carbonyl (C=O) groups is 2. The van der Waals surface area contributed by atoms with Gasteiger partial charge in [-0.3, -0.25) is 9.59 Å². The zero-order valence-corrected chi connectivity index (χ0v) is 17.1. The molecule has 29 heavy (non-hydrogen) atoms. The number of thiazole rings is 1. The molecule has 2 amide bonds. The molecule has 1 fully saturated rings. The molecule has 2 heterocycles. The lowest BCUT2D eigenvalue weighted by Crippen LogP contribution is -2.45. The number of carbonyl (C=O) groups excluding carboxylic acids is 2. The third kappa shape index (κ3) is 5.58. The number of sulfonamides is 1. The van der Waals surface area contributed by atoms with Crippen LogP contribution in [0.4, 0.5) is 9.52 Å². The number of hydrogen-bond acceptors (Lipinski definition) is 6. The van der Waals surface area contributed by atoms with Crippen molar-refractivity contribution in [2.75, 3.05) is 25.0 Å². The van der Waals surface area contributed by atoms with E-state index in [1.807, 2.05) is 0 Å². The minimum atomic E-state index is -3.79. The van der Waals surface area contributed by atoms with Crippen LogP contribution in [-0.4, -0.2) is 49.2 Å². The summed E-state index contributed by atoms with van der Waals surface area (Å²) in [5.41, 5.74) is 0. The van der Waals surface area contributed by atoms with Gasteiger partial charge in [0.25, 0.3) is 0 Å². The molecule has 1 aromatic carbocycles. The summed E-state index contributed by atoms with van der Waals surface area (Å²) in [4.78, 5) is 28.2. The Bertz CT molecular complexity index is 949. The van der Waals surface area contributed by atoms with Crippen LogP contribution in [0, 0.1) is 11.7 Å². The van der Waals surface area contributed by atoms with Crippen molar-refractivity contribution in [2.24, 2.45) is 5.92 Å². The Hall–Kier alpha value is -2.37. The van der Waals surface area contributed by atoms with E-state index in [4.69, 9.17) is 0 Å². The molecule has 1 aliphatic heterocycles. The molecule has 3 rings (SSSR count). The second kappa shape index (κ2) is 9.42. The van der Waals surface area contributed by atoms with Crippen LogP contribution in [0.3, 0.4) is 0 Å². The maximum Gasteiger partial charge on any atom is 0.243 e. The fourth-order valence-corrected chi connectivity index (χ4v) is 5.11. The monoisotopic (exact) mass is 440 g/mol. The van der Waals surface area contributed by atoms with E-state index in [2.05, 4.69) is 15.6 Å². The Labute approximate surface area is 172 Å². The lowest BCUT2D eigenvalue weighted by molar-refractivity contribution is -0.126. The molecule has 1 unspecified atom stereocenters. The summed E-state index contributed by atoms with van der Waals surface area (Å²) in [6.07, 6.45) is 2.78. The number of nitrogens with one attached hydrogen (secondary N) is 2. The van der Waals surface area contributed by atoms with Crippen molar-refractivity contribution in [1.29, 1.82) is 0 Å². The molecule has 0 aliphatic carbocycles. The molecule has 0 spiro atoms. The van der Waals surface area contributed by atoms with E-state index in [-0.39, 0.29) is 36.2 Å². The number of hydrogen-bond donors (Lipinski definition) is 2. The van der Waals surface area contributed by atoms with E-state index in [0.29, 0.717) is 24.5 Å². The number of aromatic nitrogens is 1. The normalized spacial score (nSPS) is 17.6. The van der Waals surface area contributed by atoms with Crippen LogP contribution in [0.15, 0.2) is 40.7 Å². The number of halogens is 1. The Balaban J connectivity index is 1.51. The SMILES string of the molecule is O=C(CCNC(=O)C1CCCN(S(=O)(=O)c2ccc(F)cc2)C1)Nc1nccs1. The fraction of sp³-hybridized carbons (Fsp3) is 0.389. The van der Waals surface area contributed by atoms with Crippen LogP contribution in [0.1, 0.15) is 19.3 Å². The molecule has 8 nitrogen and oxygen atoms in total. The average Bonchev–Trinajstić information content (AvgIpc) is 3.21. The quantitative estimate of drug-likeness (QED) is 0.683. The summed E-state index contributed by atoms with van der Waals surface area (Å²) in [6.45, 7) is 0.508. The summed E-state index contributed by atoms with van der Waals surface area (Å²) in [5, 5.41) is 7.56. The topological polar surface area (TPSA) is 108 Å². The van der Waals surface area contributed by atoms with Gasteiger partial charge in [-0.25, -0.2) is 17.8 Å². The van der Waals surface area contributed by atoms with Crippen LogP contribution in [0.5, 0.6) is 0 Å². The van der Waals surface area contributed by atoms with Gasteiger partial charge in [-0.15, -0.1) is 11.3 Å². The summed E-state index contributed by atoms with van der Waals surface area (Å²) in [6, 6.07) is 4.63. The first-order valence-electron chi connectivity index (χ1n) is 9.09. The predicted molar refractivity (Wildman–Crippen MR) is 106 cm³/mol. The number of anilines is 1. The van der Waals surface area contributed by atoms with E-state index in [1.165, 1.54) is 27.8 Å². The maximum atomic E-state index is 13.1. The fourth-order valence-electron chi connectivity index (χ4n) is 3.04. The Morgan fingerprint density at radius 3 is 2.72 bits per heavy atom. The van der Waals surface area contributed by atoms with Gasteiger partial charge in [0, 0.05) is 37.6 Å². The van der Waals surface area contributed by atoms with Crippen molar-refractivity contribution in [3.8, 4) is 0 Å². The number of amides is 2. The summed E-state index contributed by atoms with van der Waals surface area (Å²) in [7, 11) is -3.79. The molecule has 1 aromatic heterocycles. The summed E-state index contributed by atoms with van der Waals surface area (Å²) < 4.78 is 39.8. The van der Waals surface area contributed by atoms with Gasteiger partial charge in [0.2, 0.25) is 21.8 Å². The standard InChI is InChI=1S/C18H21FN4O4S2/c19-14-3-5-15(6-4-14)29(26,27)23-10-1-2-13(12-23)17(25)20-8-7-16(24)22-18-21-9-11-28-18/h3-6,9,11,13H,1-2,7-8,10,12H2,(H,20,25)(H,21,22,24). The molecule has 0 radical (unpaired) electrons. The van der Waals surface area contributed by atoms with Gasteiger partial charge in [0.15, 0.2) is 5.13 Å². The third-order valence-corrected chi connectivity index (χ3v) is 7.10. The zero-order valence-electron chi connectivity index (χ0n) is 15.5. The molecule has 156 valence electrons. The molecule has 2 aromatic rings. The van der Waals surface area contributed by atoms with Gasteiger partial charge < -0.3 is 10.6 Å². The maximum absolute atomic E-state index is 13.1. The average molecular weight is 441 g/mol. The first kappa shape index (κ1) is 21.3. The van der Waals surface area contributed by atoms with E-state index in [9.17, 15) is 22.4 Å². The molecule has 1 atom stereocenters. The number of rotatable bonds is 7. The van der Waals surface area contributed by atoms with Crippen LogP contribution in [0.2, 0.25) is 0 Å². The van der Waals surface area contributed by atoms with Gasteiger partial charge in [-0.05, 0) is 37.1 Å². The van der Waals surface area contributed by atoms with Crippen molar-refractivity contribution in [2.45, 2.75) is 24.2 Å². The highest BCUT2D eigenvalue weighted by Gasteiger charge is 2.33. The van der Waals surface area contributed by atoms with Crippen LogP contribution in [-0.2, 0) is 19.6 Å². The van der Waals surface area contributed by atoms with E-state index in [0.717, 1.165) is 12.1 Å². The number of nitrogens with zero attached hydrogens (tertiary/aromatic N) is 2. The van der Waals surface area contributed by atoms with Crippen LogP contribution in [0.25, 0.3) is 0 Å². The summed E-state index contributed by atoms with van der Waals surface area (Å²) >= 11 is 1.30. The van der Waals surface area contributed by atoms with Gasteiger partial charge in [0.05, 0.1) is 10.8 Å². The Morgan fingerprint density at radius 1 is 1.28 bits per heavy atom. The first-order chi connectivity index (χ1) is 13.9. The van der Waals surface area contributed by atoms with Crippen molar-refractivity contribution in [3.05, 3.63) is 41.7 Å². The second-order valence-electron chi connectivity index (χ2n) is 6.58. The van der Waals surface area contributed by atoms with Crippen molar-refractivity contribution < 1.29 is 22.4 Å². The van der Waals surface area contributed by atoms with E-state index >= 15 is 0 Å². The van der Waals surface area contributed by atoms with Crippen molar-refractivity contribution in [3.63, 3.8) is 0 Å². The Morgan fingerprint density at radius 2 is 2.03 bits per heavy atom. The van der Waals surface area contributed by atoms with Gasteiger partial charge in [-0.1, -0.05) is 0 Å². The lowest BCUT2D eigenvalue weighted by Gasteiger charge is -2.31. The molecular weight excluding hydrogens is 419 g/mol. The highest BCUT2D eigenvalue weighted by Crippen LogP contribution is 2.24. The van der Waals surface area contributed by atoms with Crippen molar-refractivity contribution in [1.82, 2.24) is 14.6 Å². The molecule has 2 N–H and O–H groups in total. The van der Waals surface area contributed by atoms with E-state index in [1.54, 1.807) is 11.6 Å². The van der Waals surface area contributed by atoms with E-state index < -0.39 is 21.8 Å².